The number of hydrogen-bond donors (Lipinski definition) is 0. The van der Waals surface area contributed by atoms with E-state index >= 15 is 0 Å². The molecule has 0 saturated carbocycles. The molecule has 0 spiro atoms. The van der Waals surface area contributed by atoms with E-state index in [1.54, 1.807) is 6.20 Å². The van der Waals surface area contributed by atoms with Gasteiger partial charge in [-0.1, -0.05) is 115 Å². The van der Waals surface area contributed by atoms with Gasteiger partial charge in [-0.05, 0) is 35.9 Å². The van der Waals surface area contributed by atoms with E-state index in [1.165, 1.54) is 0 Å². The number of rotatable bonds is 5. The second kappa shape index (κ2) is 11.1. The molecule has 220 valence electrons. The van der Waals surface area contributed by atoms with Crippen molar-refractivity contribution in [1.82, 2.24) is 24.9 Å². The van der Waals surface area contributed by atoms with Crippen LogP contribution in [0, 0.1) is 0 Å². The van der Waals surface area contributed by atoms with Crippen molar-refractivity contribution in [2.45, 2.75) is 0 Å². The van der Waals surface area contributed by atoms with E-state index in [4.69, 9.17) is 29.3 Å². The first kappa shape index (κ1) is 26.8. The van der Waals surface area contributed by atoms with Gasteiger partial charge in [0.25, 0.3) is 0 Å². The Balaban J connectivity index is 1.23. The van der Waals surface area contributed by atoms with Gasteiger partial charge in [-0.15, -0.1) is 0 Å². The van der Waals surface area contributed by atoms with E-state index in [-0.39, 0.29) is 0 Å². The summed E-state index contributed by atoms with van der Waals surface area (Å²) in [6, 6.07) is 48.8. The van der Waals surface area contributed by atoms with E-state index in [1.807, 2.05) is 109 Å². The van der Waals surface area contributed by atoms with Crippen molar-refractivity contribution in [2.24, 2.45) is 0 Å². The van der Waals surface area contributed by atoms with Gasteiger partial charge in [0, 0.05) is 38.4 Å². The van der Waals surface area contributed by atoms with Crippen LogP contribution in [0.5, 0.6) is 0 Å². The standard InChI is InChI=1S/C41H25N5O/c1-3-12-26(13-4-1)39-44-40(27-14-5-2-6-15-27)46-41(45-39)30-18-11-17-28(22-30)32-23-29-16-7-9-20-34(29)43-38(32)35-24-33-31-19-8-10-21-36(31)47-37(33)25-42-35/h1-25H. The lowest BCUT2D eigenvalue weighted by Crippen LogP contribution is -2.00. The molecule has 4 aromatic heterocycles. The van der Waals surface area contributed by atoms with Crippen LogP contribution in [-0.4, -0.2) is 24.9 Å². The first-order valence-electron chi connectivity index (χ1n) is 15.4. The van der Waals surface area contributed by atoms with Crippen molar-refractivity contribution in [3.05, 3.63) is 152 Å². The van der Waals surface area contributed by atoms with Gasteiger partial charge in [-0.25, -0.2) is 19.9 Å². The van der Waals surface area contributed by atoms with Crippen LogP contribution in [-0.2, 0) is 0 Å². The maximum absolute atomic E-state index is 6.07. The molecule has 0 fully saturated rings. The van der Waals surface area contributed by atoms with E-state index in [0.29, 0.717) is 17.5 Å². The summed E-state index contributed by atoms with van der Waals surface area (Å²) in [6.07, 6.45) is 1.79. The zero-order chi connectivity index (χ0) is 31.2. The van der Waals surface area contributed by atoms with Crippen LogP contribution >= 0.6 is 0 Å². The lowest BCUT2D eigenvalue weighted by Gasteiger charge is -2.13. The minimum atomic E-state index is 0.597. The zero-order valence-electron chi connectivity index (χ0n) is 25.1. The summed E-state index contributed by atoms with van der Waals surface area (Å²) < 4.78 is 6.07. The van der Waals surface area contributed by atoms with Gasteiger partial charge in [0.2, 0.25) is 0 Å². The fourth-order valence-electron chi connectivity index (χ4n) is 6.06. The van der Waals surface area contributed by atoms with E-state index in [2.05, 4.69) is 36.4 Å². The molecular weight excluding hydrogens is 578 g/mol. The van der Waals surface area contributed by atoms with Crippen LogP contribution in [0.15, 0.2) is 156 Å². The van der Waals surface area contributed by atoms with Crippen molar-refractivity contribution in [2.75, 3.05) is 0 Å². The van der Waals surface area contributed by atoms with Crippen molar-refractivity contribution >= 4 is 32.8 Å². The first-order valence-corrected chi connectivity index (χ1v) is 15.4. The molecule has 0 saturated heterocycles. The second-order valence-electron chi connectivity index (χ2n) is 11.4. The molecule has 4 heterocycles. The molecular formula is C41H25N5O. The quantitative estimate of drug-likeness (QED) is 0.195. The number of aromatic nitrogens is 5. The highest BCUT2D eigenvalue weighted by Crippen LogP contribution is 2.37. The summed E-state index contributed by atoms with van der Waals surface area (Å²) in [6.45, 7) is 0. The normalized spacial score (nSPS) is 11.4. The lowest BCUT2D eigenvalue weighted by molar-refractivity contribution is 0.667. The summed E-state index contributed by atoms with van der Waals surface area (Å²) in [5.74, 6) is 1.84. The Kier molecular flexibility index (Phi) is 6.35. The van der Waals surface area contributed by atoms with Crippen LogP contribution in [0.25, 0.3) is 89.5 Å². The van der Waals surface area contributed by atoms with Gasteiger partial charge >= 0.3 is 0 Å². The predicted molar refractivity (Wildman–Crippen MR) is 187 cm³/mol. The highest BCUT2D eigenvalue weighted by Gasteiger charge is 2.17. The summed E-state index contributed by atoms with van der Waals surface area (Å²) in [5.41, 5.74) is 8.73. The van der Waals surface area contributed by atoms with Crippen LogP contribution < -0.4 is 0 Å². The number of furan rings is 1. The smallest absolute Gasteiger partial charge is 0.164 e. The Morgan fingerprint density at radius 3 is 1.81 bits per heavy atom. The summed E-state index contributed by atoms with van der Waals surface area (Å²) in [7, 11) is 0. The van der Waals surface area contributed by atoms with E-state index < -0.39 is 0 Å². The SMILES string of the molecule is c1ccc(-c2nc(-c3ccccc3)nc(-c3cccc(-c4cc5ccccc5nc4-c4cc5c(cn4)oc4ccccc45)c3)n2)cc1. The molecule has 0 aliphatic carbocycles. The Morgan fingerprint density at radius 1 is 0.426 bits per heavy atom. The molecule has 6 heteroatoms. The third-order valence-corrected chi connectivity index (χ3v) is 8.36. The Morgan fingerprint density at radius 2 is 1.04 bits per heavy atom. The minimum absolute atomic E-state index is 0.597. The van der Waals surface area contributed by atoms with E-state index in [9.17, 15) is 0 Å². The molecule has 9 aromatic rings. The number of hydrogen-bond acceptors (Lipinski definition) is 6. The zero-order valence-corrected chi connectivity index (χ0v) is 25.1. The molecule has 0 aliphatic heterocycles. The molecule has 47 heavy (non-hydrogen) atoms. The van der Waals surface area contributed by atoms with Crippen LogP contribution in [0.4, 0.5) is 0 Å². The second-order valence-corrected chi connectivity index (χ2v) is 11.4. The van der Waals surface area contributed by atoms with Gasteiger partial charge in [-0.3, -0.25) is 4.98 Å². The van der Waals surface area contributed by atoms with Crippen molar-refractivity contribution in [1.29, 1.82) is 0 Å². The first-order chi connectivity index (χ1) is 23.3. The Hall–Kier alpha value is -6.53. The number of para-hydroxylation sites is 2. The predicted octanol–water partition coefficient (Wildman–Crippen LogP) is 10.0. The molecule has 0 atom stereocenters. The summed E-state index contributed by atoms with van der Waals surface area (Å²) >= 11 is 0. The fourth-order valence-corrected chi connectivity index (χ4v) is 6.06. The monoisotopic (exact) mass is 603 g/mol. The molecule has 0 unspecified atom stereocenters. The Labute approximate surface area is 270 Å². The number of fused-ring (bicyclic) bond motifs is 4. The highest BCUT2D eigenvalue weighted by molar-refractivity contribution is 6.06. The van der Waals surface area contributed by atoms with Crippen LogP contribution in [0.2, 0.25) is 0 Å². The number of benzene rings is 5. The van der Waals surface area contributed by atoms with E-state index in [0.717, 1.165) is 72.0 Å². The molecule has 9 rings (SSSR count). The average molecular weight is 604 g/mol. The summed E-state index contributed by atoms with van der Waals surface area (Å²) in [4.78, 5) is 24.8. The van der Waals surface area contributed by atoms with Crippen molar-refractivity contribution in [3.63, 3.8) is 0 Å². The third-order valence-electron chi connectivity index (χ3n) is 8.36. The molecule has 0 N–H and O–H groups in total. The number of nitrogens with zero attached hydrogens (tertiary/aromatic N) is 5. The largest absolute Gasteiger partial charge is 0.454 e. The third kappa shape index (κ3) is 4.89. The minimum Gasteiger partial charge on any atom is -0.454 e. The molecule has 0 bridgehead atoms. The molecule has 0 aliphatic rings. The van der Waals surface area contributed by atoms with Crippen molar-refractivity contribution in [3.8, 4) is 56.7 Å². The molecule has 6 nitrogen and oxygen atoms in total. The average Bonchev–Trinajstić information content (AvgIpc) is 3.53. The Bertz CT molecular complexity index is 2520. The number of pyridine rings is 2. The maximum Gasteiger partial charge on any atom is 0.164 e. The maximum atomic E-state index is 6.07. The molecule has 5 aromatic carbocycles. The molecule has 0 radical (unpaired) electrons. The van der Waals surface area contributed by atoms with Gasteiger partial charge < -0.3 is 4.42 Å². The van der Waals surface area contributed by atoms with Crippen LogP contribution in [0.3, 0.4) is 0 Å². The molecule has 0 amide bonds. The fraction of sp³-hybridized carbons (Fsp3) is 0. The summed E-state index contributed by atoms with van der Waals surface area (Å²) in [5, 5.41) is 3.10. The van der Waals surface area contributed by atoms with Gasteiger partial charge in [-0.2, -0.15) is 0 Å². The van der Waals surface area contributed by atoms with Gasteiger partial charge in [0.1, 0.15) is 5.58 Å². The topological polar surface area (TPSA) is 77.6 Å². The van der Waals surface area contributed by atoms with Gasteiger partial charge in [0.15, 0.2) is 23.1 Å². The van der Waals surface area contributed by atoms with Gasteiger partial charge in [0.05, 0.1) is 23.1 Å². The van der Waals surface area contributed by atoms with Crippen molar-refractivity contribution < 1.29 is 4.42 Å². The highest BCUT2D eigenvalue weighted by atomic mass is 16.3. The lowest BCUT2D eigenvalue weighted by atomic mass is 9.97. The van der Waals surface area contributed by atoms with Crippen LogP contribution in [0.1, 0.15) is 0 Å².